The van der Waals surface area contributed by atoms with Gasteiger partial charge in [0.2, 0.25) is 0 Å². The highest BCUT2D eigenvalue weighted by molar-refractivity contribution is 7.91. The van der Waals surface area contributed by atoms with Crippen molar-refractivity contribution in [3.63, 3.8) is 0 Å². The molecule has 28 heavy (non-hydrogen) atoms. The first-order valence-electron chi connectivity index (χ1n) is 9.05. The average molecular weight is 404 g/mol. The summed E-state index contributed by atoms with van der Waals surface area (Å²) in [6, 6.07) is 8.75. The molecular weight excluding hydrogens is 380 g/mol. The SMILES string of the molecule is CC(C)c1ccc(/C=C(\C#N)C(=O)O[C@@H](C)C(=O)N[C@@H]2CCS(=O)(=O)C2)cc1. The van der Waals surface area contributed by atoms with E-state index in [1.165, 1.54) is 13.0 Å². The van der Waals surface area contributed by atoms with Gasteiger partial charge in [0.25, 0.3) is 5.91 Å². The van der Waals surface area contributed by atoms with Crippen LogP contribution >= 0.6 is 0 Å². The molecule has 1 aliphatic heterocycles. The molecule has 150 valence electrons. The molecule has 1 fully saturated rings. The Morgan fingerprint density at radius 3 is 2.39 bits per heavy atom. The second-order valence-electron chi connectivity index (χ2n) is 7.15. The van der Waals surface area contributed by atoms with Gasteiger partial charge < -0.3 is 10.1 Å². The van der Waals surface area contributed by atoms with Gasteiger partial charge in [-0.2, -0.15) is 5.26 Å². The molecule has 0 bridgehead atoms. The number of carbonyl (C=O) groups is 2. The van der Waals surface area contributed by atoms with Crippen LogP contribution in [0.15, 0.2) is 29.8 Å². The zero-order valence-electron chi connectivity index (χ0n) is 16.1. The van der Waals surface area contributed by atoms with E-state index in [-0.39, 0.29) is 17.1 Å². The third-order valence-electron chi connectivity index (χ3n) is 4.49. The smallest absolute Gasteiger partial charge is 0.349 e. The quantitative estimate of drug-likeness (QED) is 0.440. The molecular formula is C20H24N2O5S. The van der Waals surface area contributed by atoms with E-state index >= 15 is 0 Å². The molecule has 0 aromatic heterocycles. The van der Waals surface area contributed by atoms with E-state index in [0.29, 0.717) is 17.9 Å². The van der Waals surface area contributed by atoms with Crippen molar-refractivity contribution in [2.45, 2.75) is 45.3 Å². The van der Waals surface area contributed by atoms with Gasteiger partial charge in [-0.05, 0) is 36.5 Å². The summed E-state index contributed by atoms with van der Waals surface area (Å²) in [4.78, 5) is 24.4. The van der Waals surface area contributed by atoms with Gasteiger partial charge in [0.05, 0.1) is 11.5 Å². The number of amides is 1. The third kappa shape index (κ3) is 5.92. The van der Waals surface area contributed by atoms with Crippen LogP contribution in [0.4, 0.5) is 0 Å². The van der Waals surface area contributed by atoms with Gasteiger partial charge in [-0.1, -0.05) is 38.1 Å². The number of carbonyl (C=O) groups excluding carboxylic acids is 2. The van der Waals surface area contributed by atoms with Gasteiger partial charge in [-0.25, -0.2) is 13.2 Å². The number of hydrogen-bond acceptors (Lipinski definition) is 6. The molecule has 1 amide bonds. The molecule has 0 spiro atoms. The zero-order valence-corrected chi connectivity index (χ0v) is 17.0. The summed E-state index contributed by atoms with van der Waals surface area (Å²) in [7, 11) is -3.13. The van der Waals surface area contributed by atoms with E-state index in [9.17, 15) is 23.3 Å². The lowest BCUT2D eigenvalue weighted by molar-refractivity contribution is -0.150. The highest BCUT2D eigenvalue weighted by Gasteiger charge is 2.31. The molecule has 1 saturated heterocycles. The first-order chi connectivity index (χ1) is 13.1. The topological polar surface area (TPSA) is 113 Å². The van der Waals surface area contributed by atoms with Gasteiger partial charge in [-0.3, -0.25) is 4.79 Å². The van der Waals surface area contributed by atoms with E-state index < -0.39 is 33.9 Å². The minimum Gasteiger partial charge on any atom is -0.448 e. The summed E-state index contributed by atoms with van der Waals surface area (Å²) in [5.41, 5.74) is 1.59. The molecule has 2 atom stereocenters. The Hall–Kier alpha value is -2.66. The molecule has 1 heterocycles. The summed E-state index contributed by atoms with van der Waals surface area (Å²) in [6.07, 6.45) is 0.598. The molecule has 2 rings (SSSR count). The number of esters is 1. The molecule has 0 aliphatic carbocycles. The van der Waals surface area contributed by atoms with Crippen molar-refractivity contribution in [1.29, 1.82) is 5.26 Å². The lowest BCUT2D eigenvalue weighted by Gasteiger charge is -2.16. The van der Waals surface area contributed by atoms with Crippen molar-refractivity contribution in [3.05, 3.63) is 41.0 Å². The summed E-state index contributed by atoms with van der Waals surface area (Å²) < 4.78 is 28.0. The van der Waals surface area contributed by atoms with Crippen LogP contribution < -0.4 is 5.32 Å². The lowest BCUT2D eigenvalue weighted by Crippen LogP contribution is -2.42. The lowest BCUT2D eigenvalue weighted by atomic mass is 10.0. The predicted molar refractivity (Wildman–Crippen MR) is 105 cm³/mol. The maximum absolute atomic E-state index is 12.2. The fraction of sp³-hybridized carbons (Fsp3) is 0.450. The molecule has 1 aliphatic rings. The molecule has 1 N–H and O–H groups in total. The van der Waals surface area contributed by atoms with Crippen molar-refractivity contribution >= 4 is 27.8 Å². The fourth-order valence-electron chi connectivity index (χ4n) is 2.79. The normalized spacial score (nSPS) is 19.7. The largest absolute Gasteiger partial charge is 0.448 e. The highest BCUT2D eigenvalue weighted by Crippen LogP contribution is 2.17. The van der Waals surface area contributed by atoms with Crippen molar-refractivity contribution < 1.29 is 22.7 Å². The van der Waals surface area contributed by atoms with Crippen LogP contribution in [-0.4, -0.2) is 43.9 Å². The Morgan fingerprint density at radius 1 is 1.25 bits per heavy atom. The van der Waals surface area contributed by atoms with E-state index in [1.807, 2.05) is 12.1 Å². The van der Waals surface area contributed by atoms with Gasteiger partial charge in [-0.15, -0.1) is 0 Å². The Kier molecular flexibility index (Phi) is 6.97. The number of nitriles is 1. The van der Waals surface area contributed by atoms with Crippen molar-refractivity contribution in [2.24, 2.45) is 0 Å². The number of hydrogen-bond donors (Lipinski definition) is 1. The van der Waals surface area contributed by atoms with E-state index in [1.54, 1.807) is 18.2 Å². The predicted octanol–water partition coefficient (Wildman–Crippen LogP) is 1.95. The number of benzene rings is 1. The summed E-state index contributed by atoms with van der Waals surface area (Å²) in [5, 5.41) is 11.8. The van der Waals surface area contributed by atoms with Crippen LogP contribution in [-0.2, 0) is 24.2 Å². The molecule has 0 unspecified atom stereocenters. The maximum Gasteiger partial charge on any atom is 0.349 e. The summed E-state index contributed by atoms with van der Waals surface area (Å²) in [5.74, 6) is -1.21. The molecule has 1 aromatic rings. The van der Waals surface area contributed by atoms with Crippen LogP contribution in [0.2, 0.25) is 0 Å². The Bertz CT molecular complexity index is 911. The van der Waals surface area contributed by atoms with Crippen LogP contribution in [0.25, 0.3) is 6.08 Å². The number of sulfone groups is 1. The second kappa shape index (κ2) is 9.02. The van der Waals surface area contributed by atoms with Crippen molar-refractivity contribution in [1.82, 2.24) is 5.32 Å². The van der Waals surface area contributed by atoms with Crippen LogP contribution in [0.5, 0.6) is 0 Å². The minimum atomic E-state index is -3.13. The third-order valence-corrected chi connectivity index (χ3v) is 6.25. The highest BCUT2D eigenvalue weighted by atomic mass is 32.2. The number of ether oxygens (including phenoxy) is 1. The molecule has 0 saturated carbocycles. The zero-order chi connectivity index (χ0) is 20.9. The Morgan fingerprint density at radius 2 is 1.89 bits per heavy atom. The molecule has 7 nitrogen and oxygen atoms in total. The minimum absolute atomic E-state index is 0.0308. The number of nitrogens with one attached hydrogen (secondary N) is 1. The number of rotatable bonds is 6. The standard InChI is InChI=1S/C20H24N2O5S/c1-13(2)16-6-4-15(5-7-16)10-17(11-21)20(24)27-14(3)19(23)22-18-8-9-28(25,26)12-18/h4-7,10,13-14,18H,8-9,12H2,1-3H3,(H,22,23)/b17-10+/t14-,18+/m0/s1. The maximum atomic E-state index is 12.2. The summed E-state index contributed by atoms with van der Waals surface area (Å²) in [6.45, 7) is 5.51. The molecule has 8 heteroatoms. The Balaban J connectivity index is 1.98. The fourth-order valence-corrected chi connectivity index (χ4v) is 4.46. The number of nitrogens with zero attached hydrogens (tertiary/aromatic N) is 1. The Labute approximate surface area is 165 Å². The first kappa shape index (κ1) is 21.6. The van der Waals surface area contributed by atoms with Crippen LogP contribution in [0, 0.1) is 11.3 Å². The molecule has 1 aromatic carbocycles. The van der Waals surface area contributed by atoms with E-state index in [2.05, 4.69) is 19.2 Å². The van der Waals surface area contributed by atoms with Gasteiger partial charge in [0.15, 0.2) is 15.9 Å². The van der Waals surface area contributed by atoms with Gasteiger partial charge >= 0.3 is 5.97 Å². The average Bonchev–Trinajstić information content (AvgIpc) is 2.98. The van der Waals surface area contributed by atoms with E-state index in [4.69, 9.17) is 4.74 Å². The van der Waals surface area contributed by atoms with Crippen LogP contribution in [0.1, 0.15) is 44.2 Å². The van der Waals surface area contributed by atoms with Crippen LogP contribution in [0.3, 0.4) is 0 Å². The monoisotopic (exact) mass is 404 g/mol. The first-order valence-corrected chi connectivity index (χ1v) is 10.9. The van der Waals surface area contributed by atoms with Gasteiger partial charge in [0.1, 0.15) is 11.6 Å². The second-order valence-corrected chi connectivity index (χ2v) is 9.38. The molecule has 0 radical (unpaired) electrons. The van der Waals surface area contributed by atoms with Gasteiger partial charge in [0, 0.05) is 6.04 Å². The van der Waals surface area contributed by atoms with E-state index in [0.717, 1.165) is 5.56 Å². The van der Waals surface area contributed by atoms with Crippen molar-refractivity contribution in [2.75, 3.05) is 11.5 Å². The summed E-state index contributed by atoms with van der Waals surface area (Å²) >= 11 is 0. The van der Waals surface area contributed by atoms with Crippen molar-refractivity contribution in [3.8, 4) is 6.07 Å².